The SMILES string of the molecule is C[C@]12CCCCC1=CC[C@@H]1[C@H]2CC[C@@]2(C)[C@H]1CCC2(O)Br. The van der Waals surface area contributed by atoms with Gasteiger partial charge in [-0.05, 0) is 74.5 Å². The second-order valence-corrected chi connectivity index (χ2v) is 10.0. The Kier molecular flexibility index (Phi) is 3.23. The molecule has 1 N–H and O–H groups in total. The second kappa shape index (κ2) is 4.60. The van der Waals surface area contributed by atoms with E-state index in [1.165, 1.54) is 51.4 Å². The van der Waals surface area contributed by atoms with E-state index in [-0.39, 0.29) is 5.41 Å². The molecule has 2 heteroatoms. The Labute approximate surface area is 137 Å². The first-order valence-corrected chi connectivity index (χ1v) is 9.79. The van der Waals surface area contributed by atoms with Crippen LogP contribution in [-0.4, -0.2) is 9.62 Å². The zero-order chi connectivity index (χ0) is 14.9. The quantitative estimate of drug-likeness (QED) is 0.455. The lowest BCUT2D eigenvalue weighted by Gasteiger charge is -2.58. The maximum absolute atomic E-state index is 10.8. The van der Waals surface area contributed by atoms with E-state index < -0.39 is 4.51 Å². The third kappa shape index (κ3) is 1.84. The molecule has 6 atom stereocenters. The molecule has 0 aromatic rings. The lowest BCUT2D eigenvalue weighted by atomic mass is 9.48. The third-order valence-corrected chi connectivity index (χ3v) is 9.37. The summed E-state index contributed by atoms with van der Waals surface area (Å²) in [7, 11) is 0. The van der Waals surface area contributed by atoms with Gasteiger partial charge in [-0.1, -0.05) is 47.8 Å². The summed E-state index contributed by atoms with van der Waals surface area (Å²) in [6.45, 7) is 4.91. The van der Waals surface area contributed by atoms with Crippen molar-refractivity contribution in [3.8, 4) is 0 Å². The summed E-state index contributed by atoms with van der Waals surface area (Å²) in [4.78, 5) is 0. The van der Waals surface area contributed by atoms with E-state index in [1.54, 1.807) is 5.57 Å². The molecular weight excluding hydrogens is 324 g/mol. The topological polar surface area (TPSA) is 20.2 Å². The van der Waals surface area contributed by atoms with Gasteiger partial charge in [0.15, 0.2) is 0 Å². The van der Waals surface area contributed by atoms with Crippen LogP contribution in [0.3, 0.4) is 0 Å². The fourth-order valence-corrected chi connectivity index (χ4v) is 7.38. The van der Waals surface area contributed by atoms with Crippen molar-refractivity contribution in [1.29, 1.82) is 0 Å². The molecule has 4 aliphatic carbocycles. The van der Waals surface area contributed by atoms with Crippen LogP contribution in [0.4, 0.5) is 0 Å². The minimum Gasteiger partial charge on any atom is -0.378 e. The molecule has 4 aliphatic rings. The van der Waals surface area contributed by atoms with E-state index in [1.807, 2.05) is 0 Å². The summed E-state index contributed by atoms with van der Waals surface area (Å²) < 4.78 is -0.618. The van der Waals surface area contributed by atoms with Gasteiger partial charge in [0, 0.05) is 5.41 Å². The number of aliphatic hydroxyl groups is 1. The van der Waals surface area contributed by atoms with Crippen LogP contribution in [0.5, 0.6) is 0 Å². The molecule has 0 aromatic heterocycles. The van der Waals surface area contributed by atoms with Crippen molar-refractivity contribution < 1.29 is 5.11 Å². The van der Waals surface area contributed by atoms with Gasteiger partial charge in [-0.2, -0.15) is 0 Å². The molecule has 21 heavy (non-hydrogen) atoms. The Morgan fingerprint density at radius 1 is 1.10 bits per heavy atom. The standard InChI is InChI=1S/C19H29BrO/c1-17-10-4-3-5-13(17)6-7-14-15(17)8-11-18(2)16(14)9-12-19(18,20)21/h6,14-16,21H,3-5,7-12H2,1-2H3/t14-,15-,16+,17+,18+,19?/m1/s1. The second-order valence-electron chi connectivity index (χ2n) is 8.72. The van der Waals surface area contributed by atoms with Crippen molar-refractivity contribution in [2.24, 2.45) is 28.6 Å². The van der Waals surface area contributed by atoms with Crippen LogP contribution in [0, 0.1) is 28.6 Å². The van der Waals surface area contributed by atoms with Crippen LogP contribution in [0.1, 0.15) is 71.6 Å². The molecule has 3 saturated carbocycles. The van der Waals surface area contributed by atoms with Crippen LogP contribution in [0.2, 0.25) is 0 Å². The first-order chi connectivity index (χ1) is 9.88. The first-order valence-electron chi connectivity index (χ1n) is 8.99. The highest BCUT2D eigenvalue weighted by Crippen LogP contribution is 2.68. The van der Waals surface area contributed by atoms with E-state index in [0.717, 1.165) is 18.3 Å². The number of allylic oxidation sites excluding steroid dienone is 2. The highest BCUT2D eigenvalue weighted by Gasteiger charge is 2.62. The Balaban J connectivity index is 1.71. The molecule has 1 unspecified atom stereocenters. The summed E-state index contributed by atoms with van der Waals surface area (Å²) in [6.07, 6.45) is 14.1. The van der Waals surface area contributed by atoms with Crippen LogP contribution >= 0.6 is 15.9 Å². The third-order valence-electron chi connectivity index (χ3n) is 8.07. The Bertz CT molecular complexity index is 482. The predicted molar refractivity (Wildman–Crippen MR) is 90.2 cm³/mol. The molecule has 0 amide bonds. The summed E-state index contributed by atoms with van der Waals surface area (Å²) in [5, 5.41) is 10.8. The smallest absolute Gasteiger partial charge is 0.125 e. The molecule has 0 saturated heterocycles. The van der Waals surface area contributed by atoms with Gasteiger partial charge in [0.05, 0.1) is 0 Å². The van der Waals surface area contributed by atoms with E-state index in [4.69, 9.17) is 0 Å². The van der Waals surface area contributed by atoms with Gasteiger partial charge in [-0.25, -0.2) is 0 Å². The van der Waals surface area contributed by atoms with Gasteiger partial charge in [0.25, 0.3) is 0 Å². The fraction of sp³-hybridized carbons (Fsp3) is 0.895. The molecule has 3 fully saturated rings. The first kappa shape index (κ1) is 14.8. The van der Waals surface area contributed by atoms with Crippen molar-refractivity contribution in [2.75, 3.05) is 0 Å². The number of fused-ring (bicyclic) bond motifs is 5. The molecule has 0 radical (unpaired) electrons. The number of hydrogen-bond donors (Lipinski definition) is 1. The summed E-state index contributed by atoms with van der Waals surface area (Å²) in [6, 6.07) is 0. The molecular formula is C19H29BrO. The monoisotopic (exact) mass is 352 g/mol. The van der Waals surface area contributed by atoms with Crippen molar-refractivity contribution in [2.45, 2.75) is 76.1 Å². The van der Waals surface area contributed by atoms with Crippen molar-refractivity contribution in [3.05, 3.63) is 11.6 Å². The average Bonchev–Trinajstić information content (AvgIpc) is 2.69. The Morgan fingerprint density at radius 3 is 2.67 bits per heavy atom. The van der Waals surface area contributed by atoms with E-state index in [0.29, 0.717) is 11.3 Å². The van der Waals surface area contributed by atoms with Gasteiger partial charge in [0.1, 0.15) is 4.51 Å². The number of hydrogen-bond acceptors (Lipinski definition) is 1. The molecule has 0 heterocycles. The summed E-state index contributed by atoms with van der Waals surface area (Å²) in [5.41, 5.74) is 2.35. The predicted octanol–water partition coefficient (Wildman–Crippen LogP) is 5.42. The molecule has 0 aromatic carbocycles. The van der Waals surface area contributed by atoms with Gasteiger partial charge < -0.3 is 5.11 Å². The van der Waals surface area contributed by atoms with Crippen LogP contribution < -0.4 is 0 Å². The summed E-state index contributed by atoms with van der Waals surface area (Å²) >= 11 is 3.68. The van der Waals surface area contributed by atoms with Crippen molar-refractivity contribution in [3.63, 3.8) is 0 Å². The Morgan fingerprint density at radius 2 is 1.86 bits per heavy atom. The highest BCUT2D eigenvalue weighted by atomic mass is 79.9. The molecule has 4 rings (SSSR count). The normalized spacial score (nSPS) is 56.2. The van der Waals surface area contributed by atoms with Crippen LogP contribution in [-0.2, 0) is 0 Å². The number of alkyl halides is 1. The lowest BCUT2D eigenvalue weighted by molar-refractivity contribution is -0.0766. The summed E-state index contributed by atoms with van der Waals surface area (Å²) in [5.74, 6) is 2.39. The van der Waals surface area contributed by atoms with E-state index in [9.17, 15) is 5.11 Å². The molecule has 0 spiro atoms. The van der Waals surface area contributed by atoms with Gasteiger partial charge in [-0.3, -0.25) is 0 Å². The lowest BCUT2D eigenvalue weighted by Crippen LogP contribution is -2.52. The van der Waals surface area contributed by atoms with Crippen LogP contribution in [0.25, 0.3) is 0 Å². The van der Waals surface area contributed by atoms with Gasteiger partial charge >= 0.3 is 0 Å². The van der Waals surface area contributed by atoms with E-state index in [2.05, 4.69) is 35.9 Å². The largest absolute Gasteiger partial charge is 0.378 e. The van der Waals surface area contributed by atoms with Crippen molar-refractivity contribution in [1.82, 2.24) is 0 Å². The van der Waals surface area contributed by atoms with Gasteiger partial charge in [0.2, 0.25) is 0 Å². The zero-order valence-corrected chi connectivity index (χ0v) is 15.1. The fourth-order valence-electron chi connectivity index (χ4n) is 6.66. The molecule has 1 nitrogen and oxygen atoms in total. The number of rotatable bonds is 0. The minimum atomic E-state index is -0.618. The Hall–Kier alpha value is 0.180. The zero-order valence-electron chi connectivity index (χ0n) is 13.5. The van der Waals surface area contributed by atoms with Crippen LogP contribution in [0.15, 0.2) is 11.6 Å². The van der Waals surface area contributed by atoms with E-state index >= 15 is 0 Å². The maximum atomic E-state index is 10.8. The maximum Gasteiger partial charge on any atom is 0.125 e. The number of halogens is 1. The molecule has 118 valence electrons. The minimum absolute atomic E-state index is 0.0878. The molecule has 0 bridgehead atoms. The molecule has 0 aliphatic heterocycles. The highest BCUT2D eigenvalue weighted by molar-refractivity contribution is 9.10. The van der Waals surface area contributed by atoms with Gasteiger partial charge in [-0.15, -0.1) is 0 Å². The average molecular weight is 353 g/mol. The van der Waals surface area contributed by atoms with Crippen molar-refractivity contribution >= 4 is 15.9 Å².